The molecule has 0 saturated carbocycles. The van der Waals surface area contributed by atoms with E-state index in [9.17, 15) is 23.1 Å². The first-order chi connectivity index (χ1) is 13.1. The Balaban J connectivity index is 1.70. The molecule has 7 nitrogen and oxygen atoms in total. The molecule has 2 N–H and O–H groups in total. The Labute approximate surface area is 163 Å². The lowest BCUT2D eigenvalue weighted by Crippen LogP contribution is -2.52. The number of carboxylic acids is 1. The molecule has 1 atom stereocenters. The lowest BCUT2D eigenvalue weighted by Gasteiger charge is -2.23. The number of ether oxygens (including phenoxy) is 1. The molecule has 0 heterocycles. The summed E-state index contributed by atoms with van der Waals surface area (Å²) in [7, 11) is -3.94. The van der Waals surface area contributed by atoms with Crippen LogP contribution in [0.3, 0.4) is 0 Å². The molecule has 1 unspecified atom stereocenters. The Morgan fingerprint density at radius 2 is 1.57 bits per heavy atom. The largest absolute Gasteiger partial charge is 0.480 e. The van der Waals surface area contributed by atoms with Crippen LogP contribution in [-0.2, 0) is 19.4 Å². The highest BCUT2D eigenvalue weighted by Crippen LogP contribution is 2.44. The lowest BCUT2D eigenvalue weighted by atomic mass is 9.98. The molecule has 148 valence electrons. The van der Waals surface area contributed by atoms with Gasteiger partial charge in [0.05, 0.1) is 6.54 Å². The minimum atomic E-state index is -3.94. The molecule has 3 rings (SSSR count). The Hall–Kier alpha value is -2.87. The molecular formula is C20H21NO6S. The number of nitrogens with one attached hydrogen (secondary N) is 1. The van der Waals surface area contributed by atoms with Crippen LogP contribution in [-0.4, -0.2) is 49.7 Å². The van der Waals surface area contributed by atoms with Crippen molar-refractivity contribution in [1.82, 2.24) is 5.32 Å². The van der Waals surface area contributed by atoms with Gasteiger partial charge in [-0.3, -0.25) is 4.79 Å². The van der Waals surface area contributed by atoms with E-state index in [0.717, 1.165) is 35.4 Å². The number of rotatable bonds is 6. The van der Waals surface area contributed by atoms with Crippen molar-refractivity contribution in [2.75, 3.05) is 19.4 Å². The third-order valence-corrected chi connectivity index (χ3v) is 7.14. The van der Waals surface area contributed by atoms with Gasteiger partial charge in [-0.2, -0.15) is 0 Å². The lowest BCUT2D eigenvalue weighted by molar-refractivity contribution is -0.139. The minimum Gasteiger partial charge on any atom is -0.480 e. The zero-order valence-corrected chi connectivity index (χ0v) is 16.3. The summed E-state index contributed by atoms with van der Waals surface area (Å²) in [5.41, 5.74) is 4.26. The van der Waals surface area contributed by atoms with Crippen molar-refractivity contribution in [2.45, 2.75) is 17.6 Å². The predicted octanol–water partition coefficient (Wildman–Crippen LogP) is 2.41. The first-order valence-corrected chi connectivity index (χ1v) is 10.6. The number of carbonyl (C=O) groups excluding carboxylic acids is 1. The number of fused-ring (bicyclic) bond motifs is 3. The SMILES string of the molecule is CC(CNC(=O)OCC1c2ccccc2-c2ccccc21)(C(=O)O)S(C)(=O)=O. The number of alkyl carbamates (subject to hydrolysis) is 1. The van der Waals surface area contributed by atoms with Crippen LogP contribution in [0.2, 0.25) is 0 Å². The number of carbonyl (C=O) groups is 2. The molecule has 0 saturated heterocycles. The quantitative estimate of drug-likeness (QED) is 0.767. The third-order valence-electron chi connectivity index (χ3n) is 5.18. The average Bonchev–Trinajstić information content (AvgIpc) is 2.97. The highest BCUT2D eigenvalue weighted by molar-refractivity contribution is 7.92. The molecule has 1 aliphatic carbocycles. The highest BCUT2D eigenvalue weighted by Gasteiger charge is 2.44. The Morgan fingerprint density at radius 1 is 1.07 bits per heavy atom. The van der Waals surface area contributed by atoms with Crippen molar-refractivity contribution in [3.05, 3.63) is 59.7 Å². The van der Waals surface area contributed by atoms with Gasteiger partial charge < -0.3 is 15.2 Å². The molecule has 1 aliphatic rings. The van der Waals surface area contributed by atoms with Crippen LogP contribution < -0.4 is 5.32 Å². The molecule has 8 heteroatoms. The van der Waals surface area contributed by atoms with Crippen molar-refractivity contribution in [1.29, 1.82) is 0 Å². The summed E-state index contributed by atoms with van der Waals surface area (Å²) in [5.74, 6) is -1.67. The van der Waals surface area contributed by atoms with E-state index in [4.69, 9.17) is 4.74 Å². The fraction of sp³-hybridized carbons (Fsp3) is 0.300. The number of hydrogen-bond donors (Lipinski definition) is 2. The van der Waals surface area contributed by atoms with E-state index in [1.165, 1.54) is 0 Å². The Bertz CT molecular complexity index is 987. The summed E-state index contributed by atoms with van der Waals surface area (Å²) in [6, 6.07) is 15.7. The van der Waals surface area contributed by atoms with Crippen molar-refractivity contribution in [2.24, 2.45) is 0 Å². The molecule has 1 amide bonds. The Morgan fingerprint density at radius 3 is 2.04 bits per heavy atom. The first-order valence-electron chi connectivity index (χ1n) is 8.67. The first kappa shape index (κ1) is 19.9. The van der Waals surface area contributed by atoms with Gasteiger partial charge in [-0.15, -0.1) is 0 Å². The second-order valence-corrected chi connectivity index (χ2v) is 9.43. The molecule has 0 radical (unpaired) electrons. The van der Waals surface area contributed by atoms with Gasteiger partial charge in [-0.1, -0.05) is 48.5 Å². The van der Waals surface area contributed by atoms with Gasteiger partial charge >= 0.3 is 12.1 Å². The summed E-state index contributed by atoms with van der Waals surface area (Å²) in [4.78, 5) is 23.4. The number of hydrogen-bond acceptors (Lipinski definition) is 5. The van der Waals surface area contributed by atoms with Crippen molar-refractivity contribution in [3.63, 3.8) is 0 Å². The number of benzene rings is 2. The smallest absolute Gasteiger partial charge is 0.407 e. The van der Waals surface area contributed by atoms with Gasteiger partial charge in [0.25, 0.3) is 0 Å². The monoisotopic (exact) mass is 403 g/mol. The van der Waals surface area contributed by atoms with Crippen molar-refractivity contribution >= 4 is 21.9 Å². The molecular weight excluding hydrogens is 382 g/mol. The third kappa shape index (κ3) is 3.47. The van der Waals surface area contributed by atoms with Gasteiger partial charge in [0, 0.05) is 12.2 Å². The van der Waals surface area contributed by atoms with Gasteiger partial charge in [-0.05, 0) is 29.2 Å². The van der Waals surface area contributed by atoms with Crippen LogP contribution in [0.4, 0.5) is 4.79 Å². The van der Waals surface area contributed by atoms with E-state index in [1.807, 2.05) is 48.5 Å². The molecule has 0 bridgehead atoms. The van der Waals surface area contributed by atoms with Crippen LogP contribution in [0.5, 0.6) is 0 Å². The van der Waals surface area contributed by atoms with E-state index < -0.39 is 33.2 Å². The van der Waals surface area contributed by atoms with Crippen LogP contribution in [0.15, 0.2) is 48.5 Å². The molecule has 0 spiro atoms. The number of aliphatic carboxylic acids is 1. The maximum atomic E-state index is 12.1. The predicted molar refractivity (Wildman–Crippen MR) is 104 cm³/mol. The summed E-state index contributed by atoms with van der Waals surface area (Å²) < 4.78 is 26.7. The molecule has 2 aromatic rings. The standard InChI is InChI=1S/C20H21NO6S/c1-20(18(22)23,28(2,25)26)12-21-19(24)27-11-17-15-9-5-3-7-13(15)14-8-4-6-10-16(14)17/h3-10,17H,11-12H2,1-2H3,(H,21,24)(H,22,23). The van der Waals surface area contributed by atoms with E-state index in [1.54, 1.807) is 0 Å². The van der Waals surface area contributed by atoms with Gasteiger partial charge in [0.1, 0.15) is 6.61 Å². The van der Waals surface area contributed by atoms with Gasteiger partial charge in [0.2, 0.25) is 0 Å². The number of amides is 1. The number of carboxylic acid groups (broad SMARTS) is 1. The van der Waals surface area contributed by atoms with Crippen molar-refractivity contribution in [3.8, 4) is 11.1 Å². The van der Waals surface area contributed by atoms with E-state index in [0.29, 0.717) is 0 Å². The summed E-state index contributed by atoms with van der Waals surface area (Å²) >= 11 is 0. The normalized spacial score (nSPS) is 15.2. The van der Waals surface area contributed by atoms with E-state index in [-0.39, 0.29) is 12.5 Å². The van der Waals surface area contributed by atoms with Gasteiger partial charge in [0.15, 0.2) is 14.6 Å². The van der Waals surface area contributed by atoms with Crippen LogP contribution in [0, 0.1) is 0 Å². The minimum absolute atomic E-state index is 0.0581. The zero-order chi connectivity index (χ0) is 20.5. The molecule has 0 aliphatic heterocycles. The van der Waals surface area contributed by atoms with E-state index in [2.05, 4.69) is 5.32 Å². The van der Waals surface area contributed by atoms with Crippen LogP contribution in [0.25, 0.3) is 11.1 Å². The zero-order valence-electron chi connectivity index (χ0n) is 15.5. The topological polar surface area (TPSA) is 110 Å². The summed E-state index contributed by atoms with van der Waals surface area (Å²) in [6.07, 6.45) is -0.0430. The van der Waals surface area contributed by atoms with Crippen molar-refractivity contribution < 1.29 is 27.9 Å². The average molecular weight is 403 g/mol. The number of sulfone groups is 1. The second-order valence-electron chi connectivity index (χ2n) is 6.99. The summed E-state index contributed by atoms with van der Waals surface area (Å²) in [6.45, 7) is 0.523. The molecule has 28 heavy (non-hydrogen) atoms. The fourth-order valence-corrected chi connectivity index (χ4v) is 3.91. The maximum Gasteiger partial charge on any atom is 0.407 e. The van der Waals surface area contributed by atoms with Crippen LogP contribution >= 0.6 is 0 Å². The molecule has 2 aromatic carbocycles. The molecule has 0 fully saturated rings. The molecule has 0 aromatic heterocycles. The maximum absolute atomic E-state index is 12.1. The highest BCUT2D eigenvalue weighted by atomic mass is 32.2. The Kier molecular flexibility index (Phi) is 5.16. The second kappa shape index (κ2) is 7.27. The van der Waals surface area contributed by atoms with E-state index >= 15 is 0 Å². The van der Waals surface area contributed by atoms with Crippen LogP contribution in [0.1, 0.15) is 24.0 Å². The fourth-order valence-electron chi connectivity index (χ4n) is 3.26. The van der Waals surface area contributed by atoms with Gasteiger partial charge in [-0.25, -0.2) is 13.2 Å². The summed E-state index contributed by atoms with van der Waals surface area (Å²) in [5, 5.41) is 11.5.